The molecule has 1 aromatic rings. The largest absolute Gasteiger partial charge is 0.759 e. The molecule has 1 atom stereocenters. The standard InChI is InChI=1S/C12H20N4O.H2O4S/c1-8-3-4-9(2)11(5-8)15-6-10(17)7-16-12(13)14;1-5(2,3)4/h3-5,10,15,17H,6-7H2,1-2H3,(H4,13,14,16);(H2,1,2,3,4). The van der Waals surface area contributed by atoms with Gasteiger partial charge in [-0.15, -0.1) is 0 Å². The van der Waals surface area contributed by atoms with Gasteiger partial charge in [0.15, 0.2) is 6.10 Å². The first-order chi connectivity index (χ1) is 9.99. The van der Waals surface area contributed by atoms with Crippen LogP contribution in [0.25, 0.3) is 0 Å². The first-order valence-corrected chi connectivity index (χ1v) is 7.75. The van der Waals surface area contributed by atoms with Crippen molar-refractivity contribution in [2.45, 2.75) is 20.0 Å². The summed E-state index contributed by atoms with van der Waals surface area (Å²) in [4.78, 5) is 0. The highest BCUT2D eigenvalue weighted by molar-refractivity contribution is 7.79. The lowest BCUT2D eigenvalue weighted by Crippen LogP contribution is -2.94. The van der Waals surface area contributed by atoms with Gasteiger partial charge in [0.2, 0.25) is 0 Å². The molecule has 0 aromatic heterocycles. The van der Waals surface area contributed by atoms with Crippen molar-refractivity contribution in [3.63, 3.8) is 0 Å². The van der Waals surface area contributed by atoms with Crippen molar-refractivity contribution in [1.29, 1.82) is 5.41 Å². The zero-order valence-electron chi connectivity index (χ0n) is 12.4. The summed E-state index contributed by atoms with van der Waals surface area (Å²) in [6.45, 7) is 5.11. The van der Waals surface area contributed by atoms with Crippen molar-refractivity contribution in [2.75, 3.05) is 13.1 Å². The molecule has 9 nitrogen and oxygen atoms in total. The quantitative estimate of drug-likeness (QED) is 0.125. The molecule has 0 saturated carbocycles. The molecule has 1 unspecified atom stereocenters. The maximum absolute atomic E-state index is 9.70. The number of aryl methyl sites for hydroxylation is 2. The molecule has 126 valence electrons. The average Bonchev–Trinajstić information content (AvgIpc) is 2.35. The summed E-state index contributed by atoms with van der Waals surface area (Å²) in [5.41, 5.74) is 8.78. The predicted octanol–water partition coefficient (Wildman–Crippen LogP) is -3.02. The predicted molar refractivity (Wildman–Crippen MR) is 77.6 cm³/mol. The van der Waals surface area contributed by atoms with Crippen molar-refractivity contribution in [1.82, 2.24) is 0 Å². The van der Waals surface area contributed by atoms with Crippen molar-refractivity contribution in [3.8, 4) is 0 Å². The summed E-state index contributed by atoms with van der Waals surface area (Å²) in [5, 5.41) is 20.3. The Hall–Kier alpha value is -1.56. The van der Waals surface area contributed by atoms with Crippen LogP contribution in [-0.2, 0) is 10.4 Å². The van der Waals surface area contributed by atoms with E-state index in [2.05, 4.69) is 32.0 Å². The molecular weight excluding hydrogens is 312 g/mol. The first-order valence-electron chi connectivity index (χ1n) is 6.41. The van der Waals surface area contributed by atoms with Gasteiger partial charge >= 0.3 is 0 Å². The van der Waals surface area contributed by atoms with Crippen molar-refractivity contribution >= 4 is 22.0 Å². The van der Waals surface area contributed by atoms with Gasteiger partial charge in [0.1, 0.15) is 18.8 Å². The Morgan fingerprint density at radius 2 is 1.91 bits per heavy atom. The van der Waals surface area contributed by atoms with Crippen LogP contribution in [0.4, 0.5) is 5.69 Å². The van der Waals surface area contributed by atoms with Crippen molar-refractivity contribution in [2.24, 2.45) is 5.73 Å². The summed E-state index contributed by atoms with van der Waals surface area (Å²) in [5.74, 6) is 0.00999. The molecule has 0 fully saturated rings. The molecule has 10 heteroatoms. The highest BCUT2D eigenvalue weighted by Crippen LogP contribution is 2.10. The number of nitrogens with one attached hydrogen (secondary N) is 1. The van der Waals surface area contributed by atoms with Gasteiger partial charge in [-0.3, -0.25) is 13.7 Å². The second kappa shape index (κ2) is 9.46. The van der Waals surface area contributed by atoms with Gasteiger partial charge in [0, 0.05) is 22.0 Å². The maximum Gasteiger partial charge on any atom is 0.288 e. The van der Waals surface area contributed by atoms with E-state index < -0.39 is 16.5 Å². The average molecular weight is 334 g/mol. The molecule has 8 N–H and O–H groups in total. The van der Waals surface area contributed by atoms with E-state index >= 15 is 0 Å². The topological polar surface area (TPSA) is 184 Å². The fourth-order valence-corrected chi connectivity index (χ4v) is 1.60. The molecule has 0 saturated heterocycles. The third-order valence-corrected chi connectivity index (χ3v) is 2.65. The lowest BCUT2D eigenvalue weighted by Gasteiger charge is -2.09. The van der Waals surface area contributed by atoms with Gasteiger partial charge in [-0.1, -0.05) is 12.1 Å². The van der Waals surface area contributed by atoms with Crippen LogP contribution in [0.2, 0.25) is 0 Å². The Labute approximate surface area is 129 Å². The first kappa shape index (κ1) is 20.4. The van der Waals surface area contributed by atoms with Crippen LogP contribution >= 0.6 is 0 Å². The molecule has 0 aliphatic heterocycles. The number of hydrogen-bond donors (Lipinski definition) is 5. The third-order valence-electron chi connectivity index (χ3n) is 2.65. The van der Waals surface area contributed by atoms with E-state index in [1.165, 1.54) is 16.4 Å². The second-order valence-corrected chi connectivity index (χ2v) is 5.57. The van der Waals surface area contributed by atoms with Gasteiger partial charge in [0.25, 0.3) is 5.96 Å². The molecule has 0 radical (unpaired) electrons. The van der Waals surface area contributed by atoms with Crippen LogP contribution in [0.15, 0.2) is 18.2 Å². The van der Waals surface area contributed by atoms with Crippen LogP contribution in [-0.4, -0.2) is 47.8 Å². The summed E-state index contributed by atoms with van der Waals surface area (Å²) >= 11 is 0. The van der Waals surface area contributed by atoms with Crippen molar-refractivity contribution < 1.29 is 33.3 Å². The number of guanidine groups is 1. The number of aliphatic hydroxyl groups is 1. The lowest BCUT2D eigenvalue weighted by molar-refractivity contribution is -0.603. The van der Waals surface area contributed by atoms with Gasteiger partial charge in [-0.2, -0.15) is 0 Å². The van der Waals surface area contributed by atoms with E-state index in [1.54, 1.807) is 0 Å². The zero-order chi connectivity index (χ0) is 17.3. The minimum absolute atomic E-state index is 0.00999. The Morgan fingerprint density at radius 3 is 2.41 bits per heavy atom. The van der Waals surface area contributed by atoms with E-state index in [4.69, 9.17) is 28.7 Å². The number of rotatable bonds is 5. The molecule has 0 amide bonds. The fraction of sp³-hybridized carbons (Fsp3) is 0.417. The van der Waals surface area contributed by atoms with Gasteiger partial charge in [-0.05, 0) is 19.4 Å². The lowest BCUT2D eigenvalue weighted by atomic mass is 10.1. The summed E-state index contributed by atoms with van der Waals surface area (Å²) in [7, 11) is -5.17. The molecule has 0 spiro atoms. The number of quaternary nitrogens is 2. The summed E-state index contributed by atoms with van der Waals surface area (Å²) < 4.78 is 34.1. The maximum atomic E-state index is 9.70. The van der Waals surface area contributed by atoms with Crippen LogP contribution < -0.4 is 16.4 Å². The normalized spacial score (nSPS) is 12.2. The molecule has 0 aliphatic carbocycles. The highest BCUT2D eigenvalue weighted by Gasteiger charge is 2.11. The summed E-state index contributed by atoms with van der Waals surface area (Å²) in [6.07, 6.45) is -0.473. The fourth-order valence-electron chi connectivity index (χ4n) is 1.60. The van der Waals surface area contributed by atoms with E-state index in [-0.39, 0.29) is 5.96 Å². The molecule has 22 heavy (non-hydrogen) atoms. The minimum atomic E-state index is -5.17. The third kappa shape index (κ3) is 12.2. The van der Waals surface area contributed by atoms with Gasteiger partial charge in [0.05, 0.1) is 0 Å². The molecule has 0 aliphatic rings. The van der Waals surface area contributed by atoms with Crippen LogP contribution in [0.1, 0.15) is 11.1 Å². The van der Waals surface area contributed by atoms with Crippen LogP contribution in [0.5, 0.6) is 0 Å². The Morgan fingerprint density at radius 1 is 1.36 bits per heavy atom. The number of aliphatic hydroxyl groups excluding tert-OH is 1. The van der Waals surface area contributed by atoms with E-state index in [1.807, 2.05) is 5.32 Å². The molecule has 0 heterocycles. The Balaban J connectivity index is 0.000000763. The molecule has 1 aromatic carbocycles. The number of hydrogen-bond acceptors (Lipinski definition) is 6. The number of nitrogens with two attached hydrogens (primary N) is 3. The van der Waals surface area contributed by atoms with Crippen LogP contribution in [0.3, 0.4) is 0 Å². The molecule has 1 rings (SSSR count). The monoisotopic (exact) mass is 334 g/mol. The van der Waals surface area contributed by atoms with Crippen LogP contribution in [0, 0.1) is 19.3 Å². The highest BCUT2D eigenvalue weighted by atomic mass is 32.3. The Kier molecular flexibility index (Phi) is 8.79. The van der Waals surface area contributed by atoms with Crippen molar-refractivity contribution in [3.05, 3.63) is 29.3 Å². The zero-order valence-corrected chi connectivity index (χ0v) is 13.3. The van der Waals surface area contributed by atoms with E-state index in [0.717, 1.165) is 5.69 Å². The Bertz CT molecular complexity index is 583. The van der Waals surface area contributed by atoms with Gasteiger partial charge < -0.3 is 25.3 Å². The molecular formula is C12H22N4O5S. The SMILES string of the molecule is Cc1ccc(C)c([NH2+]CC(O)C[NH2+]C(=N)N)c1.O=S(=O)([O-])[O-]. The van der Waals surface area contributed by atoms with Gasteiger partial charge in [-0.25, -0.2) is 5.41 Å². The summed E-state index contributed by atoms with van der Waals surface area (Å²) in [6, 6.07) is 6.26. The second-order valence-electron chi connectivity index (χ2n) is 4.76. The molecule has 0 bridgehead atoms. The smallest absolute Gasteiger partial charge is 0.288 e. The number of benzene rings is 1. The minimum Gasteiger partial charge on any atom is -0.759 e. The van der Waals surface area contributed by atoms with E-state index in [9.17, 15) is 5.11 Å². The van der Waals surface area contributed by atoms with E-state index in [0.29, 0.717) is 13.1 Å².